The van der Waals surface area contributed by atoms with Crippen molar-refractivity contribution in [1.29, 1.82) is 0 Å². The number of ether oxygens (including phenoxy) is 4. The lowest BCUT2D eigenvalue weighted by atomic mass is 10.0. The molecule has 606 valence electrons. The molecule has 0 aliphatic rings. The molecule has 0 saturated carbocycles. The molecular formula is C83H162O17P2. The Morgan fingerprint density at radius 2 is 0.392 bits per heavy atom. The topological polar surface area (TPSA) is 237 Å². The Morgan fingerprint density at radius 1 is 0.235 bits per heavy atom. The predicted molar refractivity (Wildman–Crippen MR) is 419 cm³/mol. The summed E-state index contributed by atoms with van der Waals surface area (Å²) >= 11 is 0. The highest BCUT2D eigenvalue weighted by atomic mass is 31.2. The molecular weight excluding hydrogens is 1330 g/mol. The third-order valence-electron chi connectivity index (χ3n) is 19.6. The van der Waals surface area contributed by atoms with Crippen LogP contribution in [0.5, 0.6) is 0 Å². The van der Waals surface area contributed by atoms with E-state index in [2.05, 4.69) is 27.7 Å². The molecule has 5 atom stereocenters. The van der Waals surface area contributed by atoms with Crippen molar-refractivity contribution < 1.29 is 80.2 Å². The van der Waals surface area contributed by atoms with Gasteiger partial charge >= 0.3 is 39.5 Å². The molecule has 0 aromatic rings. The first-order valence-corrected chi connectivity index (χ1v) is 46.3. The molecule has 0 heterocycles. The van der Waals surface area contributed by atoms with E-state index in [0.717, 1.165) is 89.9 Å². The monoisotopic (exact) mass is 1490 g/mol. The number of carbonyl (C=O) groups is 4. The van der Waals surface area contributed by atoms with E-state index < -0.39 is 97.5 Å². The number of unbranched alkanes of at least 4 members (excludes halogenated alkanes) is 58. The van der Waals surface area contributed by atoms with Gasteiger partial charge in [0.25, 0.3) is 0 Å². The lowest BCUT2D eigenvalue weighted by Crippen LogP contribution is -2.30. The Kier molecular flexibility index (Phi) is 75.8. The van der Waals surface area contributed by atoms with Gasteiger partial charge in [-0.1, -0.05) is 400 Å². The van der Waals surface area contributed by atoms with E-state index in [1.807, 2.05) is 0 Å². The highest BCUT2D eigenvalue weighted by molar-refractivity contribution is 7.47. The van der Waals surface area contributed by atoms with Crippen molar-refractivity contribution in [2.75, 3.05) is 39.6 Å². The third-order valence-corrected chi connectivity index (χ3v) is 21.5. The fourth-order valence-corrected chi connectivity index (χ4v) is 14.6. The fourth-order valence-electron chi connectivity index (χ4n) is 13.0. The molecule has 0 radical (unpaired) electrons. The van der Waals surface area contributed by atoms with E-state index >= 15 is 0 Å². The van der Waals surface area contributed by atoms with Crippen LogP contribution in [0.25, 0.3) is 0 Å². The van der Waals surface area contributed by atoms with Gasteiger partial charge < -0.3 is 33.8 Å². The Balaban J connectivity index is 5.17. The number of hydrogen-bond acceptors (Lipinski definition) is 15. The molecule has 0 rings (SSSR count). The summed E-state index contributed by atoms with van der Waals surface area (Å²) in [7, 11) is -9.92. The molecule has 17 nitrogen and oxygen atoms in total. The number of phosphoric ester groups is 2. The summed E-state index contributed by atoms with van der Waals surface area (Å²) in [6.45, 7) is 5.01. The number of rotatable bonds is 84. The highest BCUT2D eigenvalue weighted by Crippen LogP contribution is 2.45. The van der Waals surface area contributed by atoms with Crippen molar-refractivity contribution in [3.05, 3.63) is 0 Å². The largest absolute Gasteiger partial charge is 0.472 e. The van der Waals surface area contributed by atoms with Crippen LogP contribution in [0.4, 0.5) is 0 Å². The minimum atomic E-state index is -4.96. The van der Waals surface area contributed by atoms with Gasteiger partial charge in [-0.2, -0.15) is 0 Å². The zero-order valence-corrected chi connectivity index (χ0v) is 68.4. The smallest absolute Gasteiger partial charge is 0.462 e. The summed E-state index contributed by atoms with van der Waals surface area (Å²) in [5, 5.41) is 10.6. The van der Waals surface area contributed by atoms with E-state index in [4.69, 9.17) is 37.0 Å². The van der Waals surface area contributed by atoms with Crippen LogP contribution < -0.4 is 0 Å². The van der Waals surface area contributed by atoms with Gasteiger partial charge in [-0.3, -0.25) is 37.3 Å². The maximum Gasteiger partial charge on any atom is 0.472 e. The summed E-state index contributed by atoms with van der Waals surface area (Å²) in [6.07, 6.45) is 71.0. The van der Waals surface area contributed by atoms with Gasteiger partial charge in [0.1, 0.15) is 19.3 Å². The summed E-state index contributed by atoms with van der Waals surface area (Å²) in [5.41, 5.74) is 0. The molecule has 0 fully saturated rings. The van der Waals surface area contributed by atoms with Crippen LogP contribution in [0.1, 0.15) is 451 Å². The Labute approximate surface area is 626 Å². The predicted octanol–water partition coefficient (Wildman–Crippen LogP) is 25.4. The lowest BCUT2D eigenvalue weighted by Gasteiger charge is -2.21. The minimum Gasteiger partial charge on any atom is -0.462 e. The van der Waals surface area contributed by atoms with Crippen molar-refractivity contribution in [1.82, 2.24) is 0 Å². The van der Waals surface area contributed by atoms with Crippen LogP contribution >= 0.6 is 15.6 Å². The zero-order chi connectivity index (χ0) is 74.6. The minimum absolute atomic E-state index is 0.108. The van der Waals surface area contributed by atoms with E-state index in [0.29, 0.717) is 25.7 Å². The number of aliphatic hydroxyl groups excluding tert-OH is 1. The Morgan fingerprint density at radius 3 is 0.578 bits per heavy atom. The van der Waals surface area contributed by atoms with Crippen molar-refractivity contribution >= 4 is 39.5 Å². The van der Waals surface area contributed by atoms with Crippen molar-refractivity contribution in [3.8, 4) is 0 Å². The first kappa shape index (κ1) is 100. The second kappa shape index (κ2) is 77.2. The number of esters is 4. The summed E-state index contributed by atoms with van der Waals surface area (Å²) in [4.78, 5) is 73.0. The van der Waals surface area contributed by atoms with Crippen LogP contribution in [0, 0.1) is 0 Å². The van der Waals surface area contributed by atoms with Gasteiger partial charge in [0.15, 0.2) is 12.2 Å². The second-order valence-corrected chi connectivity index (χ2v) is 32.8. The zero-order valence-electron chi connectivity index (χ0n) is 66.6. The molecule has 0 aliphatic heterocycles. The van der Waals surface area contributed by atoms with Gasteiger partial charge in [-0.05, 0) is 25.7 Å². The standard InChI is InChI=1S/C83H162O17P2/c1-5-9-13-17-21-25-28-31-34-36-38-39-40-41-43-45-48-51-54-58-62-66-70-83(88)100-79(74-94-81(86)68-64-60-56-52-49-47-44-42-37-35-32-29-26-22-18-14-10-6-2)76-98-102(91,92)96-72-77(84)71-95-101(89,90)97-75-78(73-93-80(85)67-63-59-55-24-20-16-12-8-4)99-82(87)69-65-61-57-53-50-46-33-30-27-23-19-15-11-7-3/h77-79,84H,5-76H2,1-4H3,(H,89,90)(H,91,92)/t77-,78+,79+/m0/s1. The fraction of sp³-hybridized carbons (Fsp3) is 0.952. The molecule has 19 heteroatoms. The van der Waals surface area contributed by atoms with Crippen LogP contribution in [0.15, 0.2) is 0 Å². The van der Waals surface area contributed by atoms with E-state index in [-0.39, 0.29) is 25.7 Å². The summed E-state index contributed by atoms with van der Waals surface area (Å²) in [6, 6.07) is 0. The molecule has 102 heavy (non-hydrogen) atoms. The summed E-state index contributed by atoms with van der Waals surface area (Å²) in [5.74, 6) is -2.11. The number of aliphatic hydroxyl groups is 1. The first-order chi connectivity index (χ1) is 49.7. The lowest BCUT2D eigenvalue weighted by molar-refractivity contribution is -0.161. The van der Waals surface area contributed by atoms with Crippen molar-refractivity contribution in [2.45, 2.75) is 470 Å². The van der Waals surface area contributed by atoms with Crippen LogP contribution in [0.3, 0.4) is 0 Å². The number of hydrogen-bond donors (Lipinski definition) is 3. The SMILES string of the molecule is CCCCCCCCCCCCCCCCCCCCCCCCC(=O)O[C@H](COC(=O)CCCCCCCCCCCCCCCCCCCC)COP(=O)(O)OC[C@@H](O)COP(=O)(O)OC[C@@H](COC(=O)CCCCCCCCCC)OC(=O)CCCCCCCCCCCCCCCC. The van der Waals surface area contributed by atoms with Crippen molar-refractivity contribution in [2.24, 2.45) is 0 Å². The highest BCUT2D eigenvalue weighted by Gasteiger charge is 2.30. The molecule has 0 spiro atoms. The molecule has 0 bridgehead atoms. The van der Waals surface area contributed by atoms with Crippen molar-refractivity contribution in [3.63, 3.8) is 0 Å². The van der Waals surface area contributed by atoms with Gasteiger partial charge in [-0.15, -0.1) is 0 Å². The van der Waals surface area contributed by atoms with Crippen LogP contribution in [0.2, 0.25) is 0 Å². The number of carbonyl (C=O) groups excluding carboxylic acids is 4. The molecule has 0 amide bonds. The molecule has 0 aromatic heterocycles. The average Bonchev–Trinajstić information content (AvgIpc) is 0.923. The molecule has 0 aliphatic carbocycles. The molecule has 0 aromatic carbocycles. The second-order valence-electron chi connectivity index (χ2n) is 29.9. The van der Waals surface area contributed by atoms with Gasteiger partial charge in [0.05, 0.1) is 26.4 Å². The van der Waals surface area contributed by atoms with Gasteiger partial charge in [-0.25, -0.2) is 9.13 Å². The number of phosphoric acid groups is 2. The quantitative estimate of drug-likeness (QED) is 0.0222. The van der Waals surface area contributed by atoms with E-state index in [9.17, 15) is 43.2 Å². The normalized spacial score (nSPS) is 13.8. The van der Waals surface area contributed by atoms with Crippen LogP contribution in [-0.4, -0.2) is 96.7 Å². The average molecular weight is 1490 g/mol. The maximum absolute atomic E-state index is 13.1. The first-order valence-electron chi connectivity index (χ1n) is 43.3. The van der Waals surface area contributed by atoms with E-state index in [1.54, 1.807) is 0 Å². The van der Waals surface area contributed by atoms with Gasteiger partial charge in [0, 0.05) is 25.7 Å². The van der Waals surface area contributed by atoms with Crippen LogP contribution in [-0.2, 0) is 65.4 Å². The van der Waals surface area contributed by atoms with Gasteiger partial charge in [0.2, 0.25) is 0 Å². The van der Waals surface area contributed by atoms with E-state index in [1.165, 1.54) is 283 Å². The maximum atomic E-state index is 13.1. The third kappa shape index (κ3) is 76.3. The summed E-state index contributed by atoms with van der Waals surface area (Å²) < 4.78 is 68.7. The molecule has 2 unspecified atom stereocenters. The Bertz CT molecular complexity index is 1930. The molecule has 3 N–H and O–H groups in total. The molecule has 0 saturated heterocycles. The Hall–Kier alpha value is -1.94.